The molecule has 0 saturated heterocycles. The number of phenolic OH excluding ortho intramolecular Hbond substituents is 1. The van der Waals surface area contributed by atoms with Crippen molar-refractivity contribution in [3.63, 3.8) is 0 Å². The average molecular weight is 477 g/mol. The predicted octanol–water partition coefficient (Wildman–Crippen LogP) is 2.18. The first-order chi connectivity index (χ1) is 15.4. The molecule has 0 saturated carbocycles. The fraction of sp³-hybridized carbons (Fsp3) is 0.304. The van der Waals surface area contributed by atoms with Crippen LogP contribution >= 0.6 is 0 Å². The van der Waals surface area contributed by atoms with Gasteiger partial charge in [-0.25, -0.2) is 8.42 Å². The maximum Gasteiger partial charge on any atom is 0.262 e. The number of aromatic hydroxyl groups is 1. The number of benzene rings is 2. The Morgan fingerprint density at radius 1 is 1.27 bits per heavy atom. The third-order valence-corrected chi connectivity index (χ3v) is 6.22. The van der Waals surface area contributed by atoms with Gasteiger partial charge in [0.1, 0.15) is 11.5 Å². The highest BCUT2D eigenvalue weighted by atomic mass is 32.2. The van der Waals surface area contributed by atoms with Crippen molar-refractivity contribution >= 4 is 15.7 Å². The molecule has 2 atom stereocenters. The van der Waals surface area contributed by atoms with Crippen LogP contribution in [0.2, 0.25) is 0 Å². The van der Waals surface area contributed by atoms with Crippen LogP contribution in [-0.4, -0.2) is 47.5 Å². The van der Waals surface area contributed by atoms with Gasteiger partial charge in [-0.2, -0.15) is 0 Å². The van der Waals surface area contributed by atoms with Crippen LogP contribution in [0.25, 0.3) is 0 Å². The lowest BCUT2D eigenvalue weighted by molar-refractivity contribution is 0.000104. The number of allylic oxidation sites excluding steroid dienone is 1. The summed E-state index contributed by atoms with van der Waals surface area (Å²) >= 11 is 0. The second kappa shape index (κ2) is 11.2. The largest absolute Gasteiger partial charge is 0.506 e. The van der Waals surface area contributed by atoms with Gasteiger partial charge in [0, 0.05) is 31.4 Å². The Bertz CT molecular complexity index is 1070. The van der Waals surface area contributed by atoms with Crippen LogP contribution in [0, 0.1) is 0 Å². The van der Waals surface area contributed by atoms with Crippen molar-refractivity contribution in [2.24, 2.45) is 5.73 Å². The Morgan fingerprint density at radius 2 is 1.94 bits per heavy atom. The van der Waals surface area contributed by atoms with Gasteiger partial charge in [0.05, 0.1) is 16.7 Å². The lowest BCUT2D eigenvalue weighted by Gasteiger charge is -2.28. The molecule has 2 aromatic carbocycles. The van der Waals surface area contributed by atoms with Crippen molar-refractivity contribution in [1.29, 1.82) is 0 Å². The number of sulfonamides is 1. The highest BCUT2D eigenvalue weighted by Crippen LogP contribution is 2.29. The van der Waals surface area contributed by atoms with Gasteiger partial charge in [-0.1, -0.05) is 30.8 Å². The van der Waals surface area contributed by atoms with E-state index in [1.165, 1.54) is 30.3 Å². The van der Waals surface area contributed by atoms with E-state index in [-0.39, 0.29) is 22.9 Å². The van der Waals surface area contributed by atoms with Crippen LogP contribution in [0.1, 0.15) is 31.9 Å². The first-order valence-corrected chi connectivity index (χ1v) is 11.8. The minimum Gasteiger partial charge on any atom is -0.506 e. The lowest BCUT2D eigenvalue weighted by atomic mass is 10.1. The van der Waals surface area contributed by atoms with E-state index in [1.807, 2.05) is 0 Å². The fourth-order valence-electron chi connectivity index (χ4n) is 2.99. The molecular formula is C23H32N4O5S. The minimum atomic E-state index is -3.91. The van der Waals surface area contributed by atoms with Crippen molar-refractivity contribution in [2.45, 2.75) is 37.0 Å². The van der Waals surface area contributed by atoms with Crippen molar-refractivity contribution in [3.8, 4) is 5.75 Å². The number of aliphatic hydroxyl groups excluding tert-OH is 1. The van der Waals surface area contributed by atoms with Gasteiger partial charge in [-0.05, 0) is 49.9 Å². The molecule has 0 amide bonds. The molecule has 0 aliphatic carbocycles. The van der Waals surface area contributed by atoms with Crippen LogP contribution in [0.3, 0.4) is 0 Å². The summed E-state index contributed by atoms with van der Waals surface area (Å²) in [6.07, 6.45) is 2.54. The first kappa shape index (κ1) is 26.2. The summed E-state index contributed by atoms with van der Waals surface area (Å²) in [5.74, 6) is -0.279. The third-order valence-electron chi connectivity index (χ3n) is 4.84. The molecule has 0 bridgehead atoms. The summed E-state index contributed by atoms with van der Waals surface area (Å²) in [7, 11) is -3.91. The number of hydrogen-bond donors (Lipinski definition) is 6. The van der Waals surface area contributed by atoms with Crippen LogP contribution in [0.15, 0.2) is 78.1 Å². The van der Waals surface area contributed by atoms with Gasteiger partial charge >= 0.3 is 0 Å². The number of rotatable bonds is 12. The predicted molar refractivity (Wildman–Crippen MR) is 128 cm³/mol. The van der Waals surface area contributed by atoms with Gasteiger partial charge in [-0.15, -0.1) is 0 Å². The maximum atomic E-state index is 12.6. The Labute approximate surface area is 194 Å². The standard InChI is InChI=1S/C23H32N4O5S/c1-4-27(16-17(2)24)13-12-23(3,30)25-15-22(29)18-10-11-21(28)20(14-18)26-33(31,32)19-8-6-5-7-9-19/h4-11,14,16,22,25-26,28-30H,1,12-13,15,24H2,2-3H3/b17-16+. The molecule has 10 heteroatoms. The third kappa shape index (κ3) is 8.10. The molecule has 33 heavy (non-hydrogen) atoms. The second-order valence-corrected chi connectivity index (χ2v) is 9.59. The normalized spacial score (nSPS) is 14.8. The van der Waals surface area contributed by atoms with Crippen LogP contribution in [0.5, 0.6) is 5.75 Å². The van der Waals surface area contributed by atoms with Gasteiger partial charge in [-0.3, -0.25) is 10.0 Å². The van der Waals surface area contributed by atoms with Crippen molar-refractivity contribution < 1.29 is 23.7 Å². The van der Waals surface area contributed by atoms with E-state index in [4.69, 9.17) is 5.73 Å². The molecule has 0 radical (unpaired) electrons. The number of anilines is 1. The van der Waals surface area contributed by atoms with Crippen LogP contribution in [0.4, 0.5) is 5.69 Å². The summed E-state index contributed by atoms with van der Waals surface area (Å²) < 4.78 is 27.5. The zero-order chi connectivity index (χ0) is 24.6. The summed E-state index contributed by atoms with van der Waals surface area (Å²) in [5.41, 5.74) is 5.26. The molecule has 2 aromatic rings. The topological polar surface area (TPSA) is 148 Å². The van der Waals surface area contributed by atoms with E-state index < -0.39 is 21.9 Å². The number of nitrogens with two attached hydrogens (primary N) is 1. The SMILES string of the molecule is C=CN(/C=C(\C)N)CCC(C)(O)NCC(O)c1ccc(O)c(NS(=O)(=O)c2ccccc2)c1. The molecule has 9 nitrogen and oxygen atoms in total. The van der Waals surface area contributed by atoms with Crippen LogP contribution in [-0.2, 0) is 10.0 Å². The number of nitrogens with one attached hydrogen (secondary N) is 2. The Balaban J connectivity index is 2.04. The van der Waals surface area contributed by atoms with E-state index in [0.717, 1.165) is 0 Å². The Morgan fingerprint density at radius 3 is 2.55 bits per heavy atom. The molecule has 7 N–H and O–H groups in total. The van der Waals surface area contributed by atoms with E-state index in [0.29, 0.717) is 24.2 Å². The monoisotopic (exact) mass is 476 g/mol. The number of hydrogen-bond acceptors (Lipinski definition) is 8. The van der Waals surface area contributed by atoms with Crippen molar-refractivity contribution in [1.82, 2.24) is 10.2 Å². The van der Waals surface area contributed by atoms with Gasteiger partial charge < -0.3 is 26.0 Å². The van der Waals surface area contributed by atoms with E-state index in [2.05, 4.69) is 16.6 Å². The number of nitrogens with zero attached hydrogens (tertiary/aromatic N) is 1. The van der Waals surface area contributed by atoms with Gasteiger partial charge in [0.25, 0.3) is 10.0 Å². The second-order valence-electron chi connectivity index (χ2n) is 7.91. The molecule has 180 valence electrons. The zero-order valence-electron chi connectivity index (χ0n) is 18.8. The van der Waals surface area contributed by atoms with Crippen molar-refractivity contribution in [3.05, 3.63) is 78.8 Å². The summed E-state index contributed by atoms with van der Waals surface area (Å²) in [4.78, 5) is 1.79. The smallest absolute Gasteiger partial charge is 0.262 e. The molecule has 0 spiro atoms. The highest BCUT2D eigenvalue weighted by Gasteiger charge is 2.23. The van der Waals surface area contributed by atoms with Crippen LogP contribution < -0.4 is 15.8 Å². The molecule has 0 aliphatic heterocycles. The molecular weight excluding hydrogens is 444 g/mol. The highest BCUT2D eigenvalue weighted by molar-refractivity contribution is 7.92. The first-order valence-electron chi connectivity index (χ1n) is 10.3. The molecule has 0 aliphatic rings. The average Bonchev–Trinajstić information content (AvgIpc) is 2.76. The number of aliphatic hydroxyl groups is 2. The molecule has 2 rings (SSSR count). The quantitative estimate of drug-likeness (QED) is 0.202. The fourth-order valence-corrected chi connectivity index (χ4v) is 4.07. The van der Waals surface area contributed by atoms with E-state index in [1.54, 1.807) is 49.3 Å². The van der Waals surface area contributed by atoms with Gasteiger partial charge in [0.15, 0.2) is 0 Å². The summed E-state index contributed by atoms with van der Waals surface area (Å²) in [6.45, 7) is 7.46. The summed E-state index contributed by atoms with van der Waals surface area (Å²) in [5, 5.41) is 34.2. The lowest BCUT2D eigenvalue weighted by Crippen LogP contribution is -2.45. The van der Waals surface area contributed by atoms with E-state index in [9.17, 15) is 23.7 Å². The summed E-state index contributed by atoms with van der Waals surface area (Å²) in [6, 6.07) is 11.9. The molecule has 0 heterocycles. The minimum absolute atomic E-state index is 0.0114. The maximum absolute atomic E-state index is 12.6. The molecule has 0 aromatic heterocycles. The number of phenols is 1. The Hall–Kier alpha value is -3.05. The van der Waals surface area contributed by atoms with Crippen molar-refractivity contribution in [2.75, 3.05) is 17.8 Å². The van der Waals surface area contributed by atoms with Gasteiger partial charge in [0.2, 0.25) is 0 Å². The molecule has 0 fully saturated rings. The zero-order valence-corrected chi connectivity index (χ0v) is 19.6. The van der Waals surface area contributed by atoms with E-state index >= 15 is 0 Å². The Kier molecular flexibility index (Phi) is 8.89. The molecule has 2 unspecified atom stereocenters.